The zero-order valence-electron chi connectivity index (χ0n) is 21.0. The van der Waals surface area contributed by atoms with Crippen LogP contribution in [-0.2, 0) is 22.7 Å². The summed E-state index contributed by atoms with van der Waals surface area (Å²) in [4.78, 5) is 27.2. The average Bonchev–Trinajstić information content (AvgIpc) is 2.92. The van der Waals surface area contributed by atoms with Crippen LogP contribution in [0.1, 0.15) is 42.4 Å². The van der Waals surface area contributed by atoms with Crippen LogP contribution in [0.4, 0.5) is 0 Å². The number of hydrogen-bond donors (Lipinski definition) is 0. The van der Waals surface area contributed by atoms with Crippen LogP contribution in [0.2, 0.25) is 0 Å². The Balaban J connectivity index is 1.36. The number of carbonyl (C=O) groups is 2. The van der Waals surface area contributed by atoms with Gasteiger partial charge in [-0.2, -0.15) is 5.10 Å². The third-order valence-electron chi connectivity index (χ3n) is 7.44. The number of methoxy groups -OCH3 is 2. The van der Waals surface area contributed by atoms with Crippen LogP contribution in [0.3, 0.4) is 0 Å². The van der Waals surface area contributed by atoms with Crippen LogP contribution in [-0.4, -0.2) is 54.6 Å². The molecule has 1 fully saturated rings. The fourth-order valence-corrected chi connectivity index (χ4v) is 5.36. The van der Waals surface area contributed by atoms with Crippen LogP contribution in [0.15, 0.2) is 59.7 Å². The lowest BCUT2D eigenvalue weighted by Gasteiger charge is -2.37. The quantitative estimate of drug-likeness (QED) is 0.548. The van der Waals surface area contributed by atoms with E-state index in [1.165, 1.54) is 5.56 Å². The number of ketones is 1. The SMILES string of the molecule is COc1ccc(C2=NN(Cc3ccc(CN4CCC(=O)CC4)cc3)C(=O)C3CC=CCC23)cc1OC. The summed E-state index contributed by atoms with van der Waals surface area (Å²) in [5, 5.41) is 6.53. The van der Waals surface area contributed by atoms with Gasteiger partial charge in [-0.1, -0.05) is 36.4 Å². The minimum atomic E-state index is -0.114. The lowest BCUT2D eigenvalue weighted by Crippen LogP contribution is -2.45. The molecule has 2 aromatic carbocycles. The smallest absolute Gasteiger partial charge is 0.247 e. The summed E-state index contributed by atoms with van der Waals surface area (Å²) in [6, 6.07) is 14.2. The van der Waals surface area contributed by atoms with Gasteiger partial charge in [0.2, 0.25) is 5.91 Å². The molecule has 188 valence electrons. The van der Waals surface area contributed by atoms with E-state index in [4.69, 9.17) is 14.6 Å². The highest BCUT2D eigenvalue weighted by atomic mass is 16.5. The molecule has 1 saturated heterocycles. The Morgan fingerprint density at radius 3 is 2.14 bits per heavy atom. The number of nitrogens with zero attached hydrogens (tertiary/aromatic N) is 3. The number of likely N-dealkylation sites (tertiary alicyclic amines) is 1. The van der Waals surface area contributed by atoms with Gasteiger partial charge in [-0.15, -0.1) is 0 Å². The first-order valence-electron chi connectivity index (χ1n) is 12.6. The Bertz CT molecular complexity index is 1180. The summed E-state index contributed by atoms with van der Waals surface area (Å²) in [5.41, 5.74) is 4.12. The molecule has 1 aliphatic carbocycles. The van der Waals surface area contributed by atoms with Gasteiger partial charge < -0.3 is 9.47 Å². The predicted molar refractivity (Wildman–Crippen MR) is 138 cm³/mol. The fraction of sp³-hybridized carbons (Fsp3) is 0.414. The normalized spacial score (nSPS) is 22.3. The molecule has 2 aromatic rings. The molecule has 5 rings (SSSR count). The van der Waals surface area contributed by atoms with E-state index >= 15 is 0 Å². The maximum Gasteiger partial charge on any atom is 0.247 e. The lowest BCUT2D eigenvalue weighted by atomic mass is 9.76. The molecule has 7 heteroatoms. The van der Waals surface area contributed by atoms with Crippen LogP contribution in [0, 0.1) is 11.8 Å². The number of allylic oxidation sites excluding steroid dienone is 2. The van der Waals surface area contributed by atoms with Crippen molar-refractivity contribution >= 4 is 17.4 Å². The first-order chi connectivity index (χ1) is 17.6. The molecule has 0 radical (unpaired) electrons. The molecular formula is C29H33N3O4. The molecular weight excluding hydrogens is 454 g/mol. The van der Waals surface area contributed by atoms with Gasteiger partial charge in [0, 0.05) is 44.0 Å². The van der Waals surface area contributed by atoms with Crippen LogP contribution in [0.5, 0.6) is 11.5 Å². The average molecular weight is 488 g/mol. The number of Topliss-reactive ketones (excluding diaryl/α,β-unsaturated/α-hetero) is 1. The Labute approximate surface area is 212 Å². The zero-order chi connectivity index (χ0) is 25.1. The Morgan fingerprint density at radius 1 is 0.833 bits per heavy atom. The molecule has 0 saturated carbocycles. The Kier molecular flexibility index (Phi) is 7.18. The first kappa shape index (κ1) is 24.3. The number of benzene rings is 2. The molecule has 0 bridgehead atoms. The second-order valence-corrected chi connectivity index (χ2v) is 9.74. The van der Waals surface area contributed by atoms with Crippen molar-refractivity contribution in [3.63, 3.8) is 0 Å². The van der Waals surface area contributed by atoms with Crippen molar-refractivity contribution < 1.29 is 19.1 Å². The molecule has 0 aromatic heterocycles. The number of ether oxygens (including phenoxy) is 2. The summed E-state index contributed by atoms with van der Waals surface area (Å²) < 4.78 is 10.9. The van der Waals surface area contributed by atoms with E-state index in [1.54, 1.807) is 19.2 Å². The molecule has 1 amide bonds. The van der Waals surface area contributed by atoms with Gasteiger partial charge in [-0.3, -0.25) is 14.5 Å². The van der Waals surface area contributed by atoms with Crippen LogP contribution in [0.25, 0.3) is 0 Å². The van der Waals surface area contributed by atoms with Crippen molar-refractivity contribution in [1.82, 2.24) is 9.91 Å². The highest BCUT2D eigenvalue weighted by Gasteiger charge is 2.40. The Morgan fingerprint density at radius 2 is 1.47 bits per heavy atom. The van der Waals surface area contributed by atoms with Gasteiger partial charge in [0.1, 0.15) is 5.78 Å². The summed E-state index contributed by atoms with van der Waals surface area (Å²) in [6.45, 7) is 2.93. The van der Waals surface area contributed by atoms with E-state index in [9.17, 15) is 9.59 Å². The van der Waals surface area contributed by atoms with Crippen molar-refractivity contribution in [2.45, 2.75) is 38.8 Å². The zero-order valence-corrected chi connectivity index (χ0v) is 21.0. The van der Waals surface area contributed by atoms with Gasteiger partial charge in [-0.25, -0.2) is 5.01 Å². The van der Waals surface area contributed by atoms with E-state index in [2.05, 4.69) is 41.3 Å². The summed E-state index contributed by atoms with van der Waals surface area (Å²) >= 11 is 0. The fourth-order valence-electron chi connectivity index (χ4n) is 5.36. The third-order valence-corrected chi connectivity index (χ3v) is 7.44. The van der Waals surface area contributed by atoms with Gasteiger partial charge in [0.05, 0.1) is 32.4 Å². The minimum absolute atomic E-state index is 0.0515. The second-order valence-electron chi connectivity index (χ2n) is 9.74. The van der Waals surface area contributed by atoms with E-state index in [-0.39, 0.29) is 17.7 Å². The Hall–Kier alpha value is -3.45. The van der Waals surface area contributed by atoms with Crippen molar-refractivity contribution in [3.8, 4) is 11.5 Å². The highest BCUT2D eigenvalue weighted by molar-refractivity contribution is 6.07. The monoisotopic (exact) mass is 487 g/mol. The molecule has 0 N–H and O–H groups in total. The molecule has 2 atom stereocenters. The van der Waals surface area contributed by atoms with Gasteiger partial charge >= 0.3 is 0 Å². The number of fused-ring (bicyclic) bond motifs is 1. The van der Waals surface area contributed by atoms with E-state index in [0.717, 1.165) is 49.3 Å². The molecule has 2 unspecified atom stereocenters. The van der Waals surface area contributed by atoms with Crippen molar-refractivity contribution in [1.29, 1.82) is 0 Å². The largest absolute Gasteiger partial charge is 0.493 e. The van der Waals surface area contributed by atoms with E-state index in [0.29, 0.717) is 36.7 Å². The maximum atomic E-state index is 13.4. The number of hydrazone groups is 1. The van der Waals surface area contributed by atoms with E-state index < -0.39 is 0 Å². The van der Waals surface area contributed by atoms with Crippen molar-refractivity contribution in [2.75, 3.05) is 27.3 Å². The summed E-state index contributed by atoms with van der Waals surface area (Å²) in [5.74, 6) is 1.69. The second kappa shape index (κ2) is 10.7. The molecule has 36 heavy (non-hydrogen) atoms. The maximum absolute atomic E-state index is 13.4. The molecule has 7 nitrogen and oxygen atoms in total. The van der Waals surface area contributed by atoms with Gasteiger partial charge in [-0.05, 0) is 42.2 Å². The molecule has 0 spiro atoms. The predicted octanol–water partition coefficient (Wildman–Crippen LogP) is 4.20. The van der Waals surface area contributed by atoms with E-state index in [1.807, 2.05) is 18.2 Å². The standard InChI is InChI=1S/C29H33N3O4/c1-35-26-12-11-22(17-27(26)36-2)28-24-5-3-4-6-25(24)29(34)32(30-28)19-21-9-7-20(8-10-21)18-31-15-13-23(33)14-16-31/h3-4,7-12,17,24-25H,5-6,13-16,18-19H2,1-2H3. The van der Waals surface area contributed by atoms with Crippen molar-refractivity contribution in [3.05, 3.63) is 71.3 Å². The number of amides is 1. The minimum Gasteiger partial charge on any atom is -0.493 e. The lowest BCUT2D eigenvalue weighted by molar-refractivity contribution is -0.138. The first-order valence-corrected chi connectivity index (χ1v) is 12.6. The number of carbonyl (C=O) groups excluding carboxylic acids is 2. The van der Waals surface area contributed by atoms with Crippen LogP contribution < -0.4 is 9.47 Å². The topological polar surface area (TPSA) is 71.4 Å². The third kappa shape index (κ3) is 5.07. The highest BCUT2D eigenvalue weighted by Crippen LogP contribution is 2.37. The molecule has 2 aliphatic heterocycles. The van der Waals surface area contributed by atoms with Gasteiger partial charge in [0.15, 0.2) is 11.5 Å². The summed E-state index contributed by atoms with van der Waals surface area (Å²) in [7, 11) is 3.25. The number of piperidine rings is 1. The van der Waals surface area contributed by atoms with Gasteiger partial charge in [0.25, 0.3) is 0 Å². The summed E-state index contributed by atoms with van der Waals surface area (Å²) in [6.07, 6.45) is 7.08. The van der Waals surface area contributed by atoms with Crippen molar-refractivity contribution in [2.24, 2.45) is 16.9 Å². The van der Waals surface area contributed by atoms with Crippen LogP contribution >= 0.6 is 0 Å². The molecule has 3 aliphatic rings. The number of rotatable bonds is 7. The molecule has 2 heterocycles. The number of hydrogen-bond acceptors (Lipinski definition) is 6.